The quantitative estimate of drug-likeness (QED) is 0.914. The van der Waals surface area contributed by atoms with Crippen molar-refractivity contribution in [1.82, 2.24) is 0 Å². The minimum Gasteiger partial charge on any atom is -0.375 e. The van der Waals surface area contributed by atoms with Crippen molar-refractivity contribution in [2.45, 2.75) is 19.3 Å². The van der Waals surface area contributed by atoms with Crippen molar-refractivity contribution in [2.75, 3.05) is 30.5 Å². The molecule has 0 bridgehead atoms. The predicted octanol–water partition coefficient (Wildman–Crippen LogP) is 1.57. The van der Waals surface area contributed by atoms with Gasteiger partial charge in [0, 0.05) is 30.6 Å². The number of carbonyl (C=O) groups is 2. The van der Waals surface area contributed by atoms with Crippen LogP contribution in [0.15, 0.2) is 18.2 Å². The number of carbonyl (C=O) groups excluding carboxylic acids is 2. The van der Waals surface area contributed by atoms with E-state index in [1.165, 1.54) is 7.11 Å². The molecule has 0 spiro atoms. The number of rotatable bonds is 4. The summed E-state index contributed by atoms with van der Waals surface area (Å²) in [5, 5.41) is 3.07. The zero-order valence-electron chi connectivity index (χ0n) is 12.0. The number of nitrogens with one attached hydrogen (secondary N) is 1. The molecule has 2 amide bonds. The molecule has 5 nitrogen and oxygen atoms in total. The number of nitrogens with zero attached hydrogens (tertiary/aromatic N) is 1. The van der Waals surface area contributed by atoms with Crippen LogP contribution in [-0.4, -0.2) is 32.1 Å². The lowest BCUT2D eigenvalue weighted by Gasteiger charge is -2.17. The van der Waals surface area contributed by atoms with E-state index in [4.69, 9.17) is 4.74 Å². The van der Waals surface area contributed by atoms with E-state index in [-0.39, 0.29) is 23.8 Å². The van der Waals surface area contributed by atoms with E-state index in [1.54, 1.807) is 4.90 Å². The van der Waals surface area contributed by atoms with Crippen LogP contribution in [0.1, 0.15) is 18.4 Å². The zero-order chi connectivity index (χ0) is 14.6. The lowest BCUT2D eigenvalue weighted by atomic mass is 10.1. The normalized spacial score (nSPS) is 27.9. The Kier molecular flexibility index (Phi) is 2.63. The van der Waals surface area contributed by atoms with Gasteiger partial charge in [-0.05, 0) is 37.3 Å². The maximum atomic E-state index is 12.2. The molecule has 0 saturated heterocycles. The van der Waals surface area contributed by atoms with E-state index >= 15 is 0 Å². The van der Waals surface area contributed by atoms with Crippen LogP contribution in [0.5, 0.6) is 0 Å². The first-order valence-electron chi connectivity index (χ1n) is 7.38. The topological polar surface area (TPSA) is 58.6 Å². The van der Waals surface area contributed by atoms with Gasteiger partial charge in [0.25, 0.3) is 5.91 Å². The lowest BCUT2D eigenvalue weighted by Crippen LogP contribution is -2.31. The average molecular weight is 286 g/mol. The standard InChI is InChI=1S/C16H18N2O3/c1-21-9-14(19)18-6-5-11-12(3-2-4-13(11)18)17-15(20)16-7-10(16)8-16/h2-4,10H,5-9H2,1H3,(H,17,20). The average Bonchev–Trinajstić information content (AvgIpc) is 3.27. The summed E-state index contributed by atoms with van der Waals surface area (Å²) in [6, 6.07) is 5.75. The third-order valence-corrected chi connectivity index (χ3v) is 4.98. The number of ether oxygens (including phenoxy) is 1. The lowest BCUT2D eigenvalue weighted by molar-refractivity contribution is -0.122. The highest BCUT2D eigenvalue weighted by Crippen LogP contribution is 2.75. The van der Waals surface area contributed by atoms with Crippen LogP contribution in [0, 0.1) is 11.3 Å². The highest BCUT2D eigenvalue weighted by atomic mass is 16.5. The van der Waals surface area contributed by atoms with Crippen LogP contribution in [0.4, 0.5) is 11.4 Å². The van der Waals surface area contributed by atoms with Crippen LogP contribution in [-0.2, 0) is 20.7 Å². The van der Waals surface area contributed by atoms with E-state index in [0.29, 0.717) is 12.5 Å². The third-order valence-electron chi connectivity index (χ3n) is 4.98. The molecule has 5 heteroatoms. The summed E-state index contributed by atoms with van der Waals surface area (Å²) in [7, 11) is 1.52. The number of hydrogen-bond donors (Lipinski definition) is 1. The molecule has 3 aliphatic rings. The van der Waals surface area contributed by atoms with Gasteiger partial charge in [0.2, 0.25) is 5.91 Å². The number of methoxy groups -OCH3 is 1. The Labute approximate surface area is 123 Å². The summed E-state index contributed by atoms with van der Waals surface area (Å²) < 4.78 is 4.92. The molecule has 1 aliphatic heterocycles. The van der Waals surface area contributed by atoms with E-state index in [2.05, 4.69) is 5.32 Å². The molecule has 0 radical (unpaired) electrons. The second-order valence-corrected chi connectivity index (χ2v) is 6.25. The van der Waals surface area contributed by atoms with Gasteiger partial charge in [-0.2, -0.15) is 0 Å². The summed E-state index contributed by atoms with van der Waals surface area (Å²) in [4.78, 5) is 26.0. The number of amides is 2. The van der Waals surface area contributed by atoms with Crippen molar-refractivity contribution in [3.8, 4) is 0 Å². The summed E-state index contributed by atoms with van der Waals surface area (Å²) in [6.07, 6.45) is 2.87. The molecular formula is C16H18N2O3. The molecule has 1 heterocycles. The van der Waals surface area contributed by atoms with Crippen LogP contribution >= 0.6 is 0 Å². The van der Waals surface area contributed by atoms with Gasteiger partial charge in [-0.1, -0.05) is 6.07 Å². The fourth-order valence-electron chi connectivity index (χ4n) is 3.33. The van der Waals surface area contributed by atoms with Crippen molar-refractivity contribution < 1.29 is 14.3 Å². The zero-order valence-corrected chi connectivity index (χ0v) is 12.0. The van der Waals surface area contributed by atoms with Gasteiger partial charge in [-0.15, -0.1) is 0 Å². The highest BCUT2D eigenvalue weighted by Gasteiger charge is 2.74. The first kappa shape index (κ1) is 12.8. The summed E-state index contributed by atoms with van der Waals surface area (Å²) in [6.45, 7) is 0.735. The fraction of sp³-hybridized carbons (Fsp3) is 0.500. The van der Waals surface area contributed by atoms with Crippen molar-refractivity contribution in [3.63, 3.8) is 0 Å². The van der Waals surface area contributed by atoms with Gasteiger partial charge in [-0.25, -0.2) is 0 Å². The third kappa shape index (κ3) is 1.87. The van der Waals surface area contributed by atoms with Crippen LogP contribution in [0.2, 0.25) is 0 Å². The Hall–Kier alpha value is -1.88. The minimum atomic E-state index is -0.0391. The molecule has 110 valence electrons. The molecular weight excluding hydrogens is 268 g/mol. The molecule has 2 saturated carbocycles. The Balaban J connectivity index is 1.57. The molecule has 1 aromatic rings. The van der Waals surface area contributed by atoms with Crippen molar-refractivity contribution in [1.29, 1.82) is 0 Å². The van der Waals surface area contributed by atoms with Gasteiger partial charge in [0.05, 0.1) is 5.41 Å². The SMILES string of the molecule is COCC(=O)N1CCc2c(NC(=O)C34CC3C4)cccc21. The molecule has 2 aliphatic carbocycles. The maximum absolute atomic E-state index is 12.2. The van der Waals surface area contributed by atoms with Gasteiger partial charge >= 0.3 is 0 Å². The number of benzene rings is 1. The van der Waals surface area contributed by atoms with Crippen molar-refractivity contribution in [2.24, 2.45) is 11.3 Å². The summed E-state index contributed by atoms with van der Waals surface area (Å²) >= 11 is 0. The second-order valence-electron chi connectivity index (χ2n) is 6.25. The van der Waals surface area contributed by atoms with Gasteiger partial charge < -0.3 is 15.0 Å². The van der Waals surface area contributed by atoms with E-state index in [9.17, 15) is 9.59 Å². The van der Waals surface area contributed by atoms with Gasteiger partial charge in [0.1, 0.15) is 6.61 Å². The predicted molar refractivity (Wildman–Crippen MR) is 78.2 cm³/mol. The number of fused-ring (bicyclic) bond motifs is 2. The maximum Gasteiger partial charge on any atom is 0.252 e. The van der Waals surface area contributed by atoms with Crippen LogP contribution < -0.4 is 10.2 Å². The molecule has 21 heavy (non-hydrogen) atoms. The Bertz CT molecular complexity index is 634. The molecule has 4 rings (SSSR count). The smallest absolute Gasteiger partial charge is 0.252 e. The molecule has 1 N–H and O–H groups in total. The minimum absolute atomic E-state index is 0.0348. The van der Waals surface area contributed by atoms with Crippen LogP contribution in [0.25, 0.3) is 0 Å². The van der Waals surface area contributed by atoms with Crippen LogP contribution in [0.3, 0.4) is 0 Å². The van der Waals surface area contributed by atoms with Crippen molar-refractivity contribution in [3.05, 3.63) is 23.8 Å². The van der Waals surface area contributed by atoms with Gasteiger partial charge in [-0.3, -0.25) is 9.59 Å². The Morgan fingerprint density at radius 1 is 1.43 bits per heavy atom. The fourth-order valence-corrected chi connectivity index (χ4v) is 3.33. The van der Waals surface area contributed by atoms with Gasteiger partial charge in [0.15, 0.2) is 0 Å². The molecule has 1 aromatic carbocycles. The van der Waals surface area contributed by atoms with Crippen molar-refractivity contribution >= 4 is 23.2 Å². The first-order valence-corrected chi connectivity index (χ1v) is 7.38. The molecule has 0 unspecified atom stereocenters. The number of anilines is 2. The van der Waals surface area contributed by atoms with E-state index in [1.807, 2.05) is 18.2 Å². The number of hydrogen-bond acceptors (Lipinski definition) is 3. The largest absolute Gasteiger partial charge is 0.375 e. The molecule has 0 atom stereocenters. The summed E-state index contributed by atoms with van der Waals surface area (Å²) in [5.41, 5.74) is 2.78. The first-order chi connectivity index (χ1) is 10.2. The Morgan fingerprint density at radius 2 is 2.19 bits per heavy atom. The highest BCUT2D eigenvalue weighted by molar-refractivity contribution is 6.03. The van der Waals surface area contributed by atoms with E-state index < -0.39 is 0 Å². The molecule has 0 aromatic heterocycles. The summed E-state index contributed by atoms with van der Waals surface area (Å²) in [5.74, 6) is 0.749. The monoisotopic (exact) mass is 286 g/mol. The van der Waals surface area contributed by atoms with E-state index in [0.717, 1.165) is 36.2 Å². The Morgan fingerprint density at radius 3 is 2.86 bits per heavy atom. The second kappa shape index (κ2) is 4.31. The molecule has 2 fully saturated rings.